The Morgan fingerprint density at radius 3 is 2.18 bits per heavy atom. The molecule has 114 valence electrons. The van der Waals surface area contributed by atoms with Crippen LogP contribution in [-0.4, -0.2) is 28.7 Å². The number of hydrogen-bond acceptors (Lipinski definition) is 3. The van der Waals surface area contributed by atoms with Gasteiger partial charge in [0.2, 0.25) is 5.91 Å². The first-order valence-electron chi connectivity index (χ1n) is 6.87. The van der Waals surface area contributed by atoms with Gasteiger partial charge in [-0.05, 0) is 23.3 Å². The topological polar surface area (TPSA) is 86.6 Å². The molecule has 1 amide bonds. The van der Waals surface area contributed by atoms with E-state index in [1.54, 1.807) is 36.4 Å². The molecule has 0 aliphatic heterocycles. The van der Waals surface area contributed by atoms with E-state index in [2.05, 4.69) is 5.32 Å². The number of aliphatic hydroxyl groups excluding tert-OH is 1. The molecule has 0 saturated heterocycles. The van der Waals surface area contributed by atoms with Gasteiger partial charge in [0.25, 0.3) is 0 Å². The quantitative estimate of drug-likeness (QED) is 0.761. The summed E-state index contributed by atoms with van der Waals surface area (Å²) in [5, 5.41) is 20.9. The van der Waals surface area contributed by atoms with Crippen LogP contribution in [0.15, 0.2) is 54.6 Å². The average molecular weight is 299 g/mol. The van der Waals surface area contributed by atoms with Gasteiger partial charge in [-0.25, -0.2) is 0 Å². The molecule has 0 bridgehead atoms. The molecule has 3 N–H and O–H groups in total. The van der Waals surface area contributed by atoms with Gasteiger partial charge in [-0.15, -0.1) is 0 Å². The van der Waals surface area contributed by atoms with Crippen molar-refractivity contribution in [3.63, 3.8) is 0 Å². The Hall–Kier alpha value is -2.66. The number of carbonyl (C=O) groups excluding carboxylic acids is 1. The third-order valence-corrected chi connectivity index (χ3v) is 3.28. The van der Waals surface area contributed by atoms with Crippen molar-refractivity contribution in [3.8, 4) is 0 Å². The van der Waals surface area contributed by atoms with Crippen molar-refractivity contribution in [2.75, 3.05) is 11.9 Å². The fourth-order valence-electron chi connectivity index (χ4n) is 2.13. The normalized spacial score (nSPS) is 11.7. The van der Waals surface area contributed by atoms with E-state index >= 15 is 0 Å². The number of hydrogen-bond donors (Lipinski definition) is 3. The smallest absolute Gasteiger partial charge is 0.307 e. The fraction of sp³-hybridized carbons (Fsp3) is 0.176. The molecule has 0 saturated carbocycles. The van der Waals surface area contributed by atoms with Gasteiger partial charge in [-0.3, -0.25) is 9.59 Å². The second-order valence-corrected chi connectivity index (χ2v) is 4.90. The first-order chi connectivity index (χ1) is 10.6. The molecule has 1 atom stereocenters. The second kappa shape index (κ2) is 7.38. The van der Waals surface area contributed by atoms with E-state index in [4.69, 9.17) is 5.11 Å². The van der Waals surface area contributed by atoms with Crippen molar-refractivity contribution < 1.29 is 19.8 Å². The van der Waals surface area contributed by atoms with Crippen LogP contribution >= 0.6 is 0 Å². The molecule has 0 aliphatic carbocycles. The summed E-state index contributed by atoms with van der Waals surface area (Å²) in [5.74, 6) is -1.85. The Morgan fingerprint density at radius 1 is 1.00 bits per heavy atom. The van der Waals surface area contributed by atoms with Gasteiger partial charge in [0.1, 0.15) is 0 Å². The van der Waals surface area contributed by atoms with E-state index in [-0.39, 0.29) is 18.9 Å². The van der Waals surface area contributed by atoms with Crippen LogP contribution in [0.2, 0.25) is 0 Å². The van der Waals surface area contributed by atoms with Gasteiger partial charge < -0.3 is 15.5 Å². The van der Waals surface area contributed by atoms with Gasteiger partial charge in [-0.2, -0.15) is 0 Å². The number of aliphatic hydroxyl groups is 1. The third-order valence-electron chi connectivity index (χ3n) is 3.28. The molecule has 22 heavy (non-hydrogen) atoms. The van der Waals surface area contributed by atoms with Gasteiger partial charge >= 0.3 is 5.97 Å². The molecule has 5 heteroatoms. The highest BCUT2D eigenvalue weighted by molar-refractivity contribution is 5.96. The van der Waals surface area contributed by atoms with Crippen LogP contribution in [-0.2, 0) is 16.0 Å². The SMILES string of the molecule is O=C(O)Cc1ccc(NC(=O)C(CO)c2ccccc2)cc1. The molecule has 2 aromatic carbocycles. The maximum absolute atomic E-state index is 12.2. The summed E-state index contributed by atoms with van der Waals surface area (Å²) in [6.07, 6.45) is -0.0580. The molecular formula is C17H17NO4. The highest BCUT2D eigenvalue weighted by Crippen LogP contribution is 2.18. The van der Waals surface area contributed by atoms with Crippen molar-refractivity contribution >= 4 is 17.6 Å². The van der Waals surface area contributed by atoms with Gasteiger partial charge in [-0.1, -0.05) is 42.5 Å². The number of carboxylic acids is 1. The number of amides is 1. The van der Waals surface area contributed by atoms with Crippen molar-refractivity contribution in [2.24, 2.45) is 0 Å². The molecule has 1 unspecified atom stereocenters. The number of anilines is 1. The van der Waals surface area contributed by atoms with Gasteiger partial charge in [0.15, 0.2) is 0 Å². The van der Waals surface area contributed by atoms with E-state index in [0.717, 1.165) is 5.56 Å². The van der Waals surface area contributed by atoms with E-state index in [1.807, 2.05) is 18.2 Å². The second-order valence-electron chi connectivity index (χ2n) is 4.90. The summed E-state index contributed by atoms with van der Waals surface area (Å²) in [6, 6.07) is 15.6. The molecule has 5 nitrogen and oxygen atoms in total. The highest BCUT2D eigenvalue weighted by atomic mass is 16.4. The molecule has 0 spiro atoms. The van der Waals surface area contributed by atoms with Crippen molar-refractivity contribution in [3.05, 3.63) is 65.7 Å². The zero-order valence-corrected chi connectivity index (χ0v) is 11.9. The average Bonchev–Trinajstić information content (AvgIpc) is 2.50. The molecule has 2 rings (SSSR count). The third kappa shape index (κ3) is 4.17. The summed E-state index contributed by atoms with van der Waals surface area (Å²) in [6.45, 7) is -0.285. The van der Waals surface area contributed by atoms with Gasteiger partial charge in [0.05, 0.1) is 18.9 Å². The summed E-state index contributed by atoms with van der Waals surface area (Å²) in [4.78, 5) is 22.9. The predicted octanol–water partition coefficient (Wildman–Crippen LogP) is 2.03. The number of carbonyl (C=O) groups is 2. The lowest BCUT2D eigenvalue weighted by atomic mass is 9.99. The molecule has 0 aromatic heterocycles. The Kier molecular flexibility index (Phi) is 5.27. The summed E-state index contributed by atoms with van der Waals surface area (Å²) < 4.78 is 0. The molecule has 2 aromatic rings. The van der Waals surface area contributed by atoms with Crippen LogP contribution in [0.1, 0.15) is 17.0 Å². The maximum Gasteiger partial charge on any atom is 0.307 e. The number of rotatable bonds is 6. The lowest BCUT2D eigenvalue weighted by Gasteiger charge is -2.15. The number of carboxylic acid groups (broad SMARTS) is 1. The molecule has 0 heterocycles. The highest BCUT2D eigenvalue weighted by Gasteiger charge is 2.19. The first-order valence-corrected chi connectivity index (χ1v) is 6.87. The number of benzene rings is 2. The van der Waals surface area contributed by atoms with Crippen LogP contribution in [0.4, 0.5) is 5.69 Å². The van der Waals surface area contributed by atoms with E-state index < -0.39 is 11.9 Å². The molecule has 0 aliphatic rings. The largest absolute Gasteiger partial charge is 0.481 e. The zero-order chi connectivity index (χ0) is 15.9. The lowest BCUT2D eigenvalue weighted by Crippen LogP contribution is -2.23. The molecule has 0 radical (unpaired) electrons. The molecular weight excluding hydrogens is 282 g/mol. The minimum atomic E-state index is -0.902. The first kappa shape index (κ1) is 15.7. The minimum Gasteiger partial charge on any atom is -0.481 e. The Labute approximate surface area is 128 Å². The van der Waals surface area contributed by atoms with E-state index in [1.165, 1.54) is 0 Å². The van der Waals surface area contributed by atoms with Crippen LogP contribution in [0.5, 0.6) is 0 Å². The van der Waals surface area contributed by atoms with Crippen LogP contribution in [0.25, 0.3) is 0 Å². The monoisotopic (exact) mass is 299 g/mol. The Balaban J connectivity index is 2.05. The number of aliphatic carboxylic acids is 1. The lowest BCUT2D eigenvalue weighted by molar-refractivity contribution is -0.136. The minimum absolute atomic E-state index is 0.0580. The van der Waals surface area contributed by atoms with Crippen LogP contribution < -0.4 is 5.32 Å². The Morgan fingerprint density at radius 2 is 1.64 bits per heavy atom. The number of nitrogens with one attached hydrogen (secondary N) is 1. The fourth-order valence-corrected chi connectivity index (χ4v) is 2.13. The predicted molar refractivity (Wildman–Crippen MR) is 82.7 cm³/mol. The molecule has 0 fully saturated rings. The summed E-state index contributed by atoms with van der Waals surface area (Å²) >= 11 is 0. The van der Waals surface area contributed by atoms with Crippen molar-refractivity contribution in [1.29, 1.82) is 0 Å². The van der Waals surface area contributed by atoms with Crippen LogP contribution in [0.3, 0.4) is 0 Å². The van der Waals surface area contributed by atoms with E-state index in [9.17, 15) is 14.7 Å². The van der Waals surface area contributed by atoms with Crippen molar-refractivity contribution in [1.82, 2.24) is 0 Å². The van der Waals surface area contributed by atoms with Gasteiger partial charge in [0, 0.05) is 5.69 Å². The zero-order valence-electron chi connectivity index (χ0n) is 11.9. The standard InChI is InChI=1S/C17H17NO4/c19-11-15(13-4-2-1-3-5-13)17(22)18-14-8-6-12(7-9-14)10-16(20)21/h1-9,15,19H,10-11H2,(H,18,22)(H,20,21). The maximum atomic E-state index is 12.2. The van der Waals surface area contributed by atoms with Crippen molar-refractivity contribution in [2.45, 2.75) is 12.3 Å². The Bertz CT molecular complexity index is 637. The summed E-state index contributed by atoms with van der Waals surface area (Å²) in [7, 11) is 0. The van der Waals surface area contributed by atoms with E-state index in [0.29, 0.717) is 11.3 Å². The van der Waals surface area contributed by atoms with Crippen LogP contribution in [0, 0.1) is 0 Å². The summed E-state index contributed by atoms with van der Waals surface area (Å²) in [5.41, 5.74) is 1.96.